The van der Waals surface area contributed by atoms with Crippen LogP contribution in [0.3, 0.4) is 0 Å². The van der Waals surface area contributed by atoms with Crippen LogP contribution >= 0.6 is 11.6 Å². The molecule has 1 heterocycles. The van der Waals surface area contributed by atoms with Crippen LogP contribution < -0.4 is 15.8 Å². The van der Waals surface area contributed by atoms with Gasteiger partial charge in [-0.3, -0.25) is 9.59 Å². The number of nitrogens with two attached hydrogens (primary N) is 1. The molecular formula is C19H28ClN3O5. The number of amides is 1. The average molecular weight is 414 g/mol. The van der Waals surface area contributed by atoms with E-state index in [1.54, 1.807) is 14.0 Å². The van der Waals surface area contributed by atoms with E-state index >= 15 is 0 Å². The molecule has 1 saturated heterocycles. The lowest BCUT2D eigenvalue weighted by atomic mass is 10.0. The van der Waals surface area contributed by atoms with Crippen molar-refractivity contribution in [2.75, 3.05) is 46.2 Å². The minimum absolute atomic E-state index is 0.169. The molecule has 1 fully saturated rings. The van der Waals surface area contributed by atoms with Crippen molar-refractivity contribution >= 4 is 29.2 Å². The number of carbonyl (C=O) groups is 2. The van der Waals surface area contributed by atoms with E-state index in [4.69, 9.17) is 31.5 Å². The van der Waals surface area contributed by atoms with Crippen molar-refractivity contribution in [1.29, 1.82) is 0 Å². The minimum atomic E-state index is -0.300. The molecule has 2 atom stereocenters. The number of methoxy groups -OCH3 is 2. The molecule has 0 aliphatic carbocycles. The second-order valence-corrected chi connectivity index (χ2v) is 6.98. The lowest BCUT2D eigenvalue weighted by molar-refractivity contribution is -0.143. The first-order valence-electron chi connectivity index (χ1n) is 9.24. The number of nitrogens with one attached hydrogen (secondary N) is 1. The average Bonchev–Trinajstić information content (AvgIpc) is 2.68. The van der Waals surface area contributed by atoms with Crippen LogP contribution in [0.25, 0.3) is 0 Å². The normalized spacial score (nSPS) is 19.9. The number of likely N-dealkylation sites (tertiary alicyclic amines) is 1. The Hall–Kier alpha value is -2.03. The Bertz CT molecular complexity index is 700. The van der Waals surface area contributed by atoms with Gasteiger partial charge in [0.25, 0.3) is 5.91 Å². The van der Waals surface area contributed by atoms with Gasteiger partial charge in [0.2, 0.25) is 0 Å². The van der Waals surface area contributed by atoms with Crippen LogP contribution in [0.4, 0.5) is 5.69 Å². The Balaban J connectivity index is 1.98. The molecule has 1 aliphatic heterocycles. The maximum absolute atomic E-state index is 12.8. The fourth-order valence-corrected chi connectivity index (χ4v) is 3.40. The number of hydrogen-bond donors (Lipinski definition) is 2. The van der Waals surface area contributed by atoms with Crippen LogP contribution in [0.2, 0.25) is 5.02 Å². The van der Waals surface area contributed by atoms with Gasteiger partial charge in [-0.05, 0) is 19.4 Å². The first-order chi connectivity index (χ1) is 13.4. The van der Waals surface area contributed by atoms with E-state index in [0.717, 1.165) is 6.54 Å². The van der Waals surface area contributed by atoms with Crippen molar-refractivity contribution in [2.24, 2.45) is 0 Å². The summed E-state index contributed by atoms with van der Waals surface area (Å²) in [5.41, 5.74) is 6.44. The molecule has 0 saturated carbocycles. The van der Waals surface area contributed by atoms with Crippen LogP contribution in [-0.4, -0.2) is 69.4 Å². The van der Waals surface area contributed by atoms with E-state index in [1.807, 2.05) is 0 Å². The van der Waals surface area contributed by atoms with E-state index < -0.39 is 0 Å². The van der Waals surface area contributed by atoms with Gasteiger partial charge in [0.15, 0.2) is 0 Å². The maximum atomic E-state index is 12.8. The number of benzene rings is 1. The highest BCUT2D eigenvalue weighted by Crippen LogP contribution is 2.29. The summed E-state index contributed by atoms with van der Waals surface area (Å²) in [4.78, 5) is 26.4. The number of piperidine rings is 1. The molecule has 2 rings (SSSR count). The van der Waals surface area contributed by atoms with Crippen molar-refractivity contribution in [3.05, 3.63) is 22.7 Å². The second-order valence-electron chi connectivity index (χ2n) is 6.57. The molecule has 9 heteroatoms. The number of carbonyl (C=O) groups excluding carboxylic acids is 2. The van der Waals surface area contributed by atoms with Crippen molar-refractivity contribution in [2.45, 2.75) is 31.9 Å². The molecule has 1 aliphatic rings. The third-order valence-electron chi connectivity index (χ3n) is 4.76. The Labute approximate surface area is 170 Å². The van der Waals surface area contributed by atoms with Crippen molar-refractivity contribution < 1.29 is 23.8 Å². The Morgan fingerprint density at radius 3 is 2.75 bits per heavy atom. The van der Waals surface area contributed by atoms with Crippen LogP contribution in [0.1, 0.15) is 30.1 Å². The Morgan fingerprint density at radius 1 is 1.36 bits per heavy atom. The van der Waals surface area contributed by atoms with Gasteiger partial charge in [-0.2, -0.15) is 0 Å². The molecule has 8 nitrogen and oxygen atoms in total. The molecule has 0 radical (unpaired) electrons. The van der Waals surface area contributed by atoms with Crippen molar-refractivity contribution in [3.8, 4) is 5.75 Å². The summed E-state index contributed by atoms with van der Waals surface area (Å²) in [6, 6.07) is 2.86. The maximum Gasteiger partial charge on any atom is 0.307 e. The van der Waals surface area contributed by atoms with Gasteiger partial charge in [0.1, 0.15) is 5.75 Å². The molecule has 0 bridgehead atoms. The highest BCUT2D eigenvalue weighted by Gasteiger charge is 2.31. The van der Waals surface area contributed by atoms with Gasteiger partial charge in [0.05, 0.1) is 48.6 Å². The van der Waals surface area contributed by atoms with Crippen LogP contribution in [0.15, 0.2) is 12.1 Å². The molecule has 1 aromatic rings. The lowest BCUT2D eigenvalue weighted by Gasteiger charge is -2.38. The van der Waals surface area contributed by atoms with Gasteiger partial charge in [-0.25, -0.2) is 0 Å². The topological polar surface area (TPSA) is 103 Å². The molecule has 3 N–H and O–H groups in total. The van der Waals surface area contributed by atoms with E-state index in [-0.39, 0.29) is 24.0 Å². The molecule has 0 spiro atoms. The Kier molecular flexibility index (Phi) is 8.35. The second kappa shape index (κ2) is 10.5. The number of anilines is 1. The van der Waals surface area contributed by atoms with E-state index in [2.05, 4.69) is 10.2 Å². The first kappa shape index (κ1) is 22.3. The number of esters is 1. The molecule has 28 heavy (non-hydrogen) atoms. The fourth-order valence-electron chi connectivity index (χ4n) is 3.23. The number of halogens is 1. The summed E-state index contributed by atoms with van der Waals surface area (Å²) in [5, 5.41) is 3.30. The van der Waals surface area contributed by atoms with Gasteiger partial charge < -0.3 is 30.2 Å². The third kappa shape index (κ3) is 5.73. The molecule has 2 unspecified atom stereocenters. The SMILES string of the molecule is CCOC(=O)CCN1CCC(NC(=O)c2cc(Cl)c(N)cc2OC)C(OC)C1. The monoisotopic (exact) mass is 413 g/mol. The number of nitrogens with zero attached hydrogens (tertiary/aromatic N) is 1. The number of hydrogen-bond acceptors (Lipinski definition) is 7. The molecule has 0 aromatic heterocycles. The zero-order valence-electron chi connectivity index (χ0n) is 16.5. The first-order valence-corrected chi connectivity index (χ1v) is 9.62. The zero-order valence-corrected chi connectivity index (χ0v) is 17.3. The molecular weight excluding hydrogens is 386 g/mol. The molecule has 1 amide bonds. The summed E-state index contributed by atoms with van der Waals surface area (Å²) < 4.78 is 15.8. The number of nitrogen functional groups attached to an aromatic ring is 1. The standard InChI is InChI=1S/C19H28ClN3O5/c1-4-28-18(24)6-8-23-7-5-15(17(11-23)27-3)22-19(25)12-9-13(20)14(21)10-16(12)26-2/h9-10,15,17H,4-8,11,21H2,1-3H3,(H,22,25). The quantitative estimate of drug-likeness (QED) is 0.493. The van der Waals surface area contributed by atoms with Gasteiger partial charge in [-0.15, -0.1) is 0 Å². The van der Waals surface area contributed by atoms with E-state index in [1.165, 1.54) is 19.2 Å². The van der Waals surface area contributed by atoms with E-state index in [0.29, 0.717) is 54.6 Å². The van der Waals surface area contributed by atoms with Crippen LogP contribution in [0, 0.1) is 0 Å². The predicted molar refractivity (Wildman–Crippen MR) is 107 cm³/mol. The molecule has 156 valence electrons. The minimum Gasteiger partial charge on any atom is -0.496 e. The smallest absolute Gasteiger partial charge is 0.307 e. The third-order valence-corrected chi connectivity index (χ3v) is 5.09. The zero-order chi connectivity index (χ0) is 20.7. The van der Waals surface area contributed by atoms with Gasteiger partial charge in [-0.1, -0.05) is 11.6 Å². The summed E-state index contributed by atoms with van der Waals surface area (Å²) in [6.45, 7) is 4.12. The fraction of sp³-hybridized carbons (Fsp3) is 0.579. The lowest BCUT2D eigenvalue weighted by Crippen LogP contribution is -2.55. The largest absolute Gasteiger partial charge is 0.496 e. The van der Waals surface area contributed by atoms with Crippen molar-refractivity contribution in [1.82, 2.24) is 10.2 Å². The number of rotatable bonds is 8. The van der Waals surface area contributed by atoms with Crippen LogP contribution in [-0.2, 0) is 14.3 Å². The number of ether oxygens (including phenoxy) is 3. The van der Waals surface area contributed by atoms with Crippen LogP contribution in [0.5, 0.6) is 5.75 Å². The summed E-state index contributed by atoms with van der Waals surface area (Å²) in [6.07, 6.45) is 0.829. The highest BCUT2D eigenvalue weighted by molar-refractivity contribution is 6.33. The van der Waals surface area contributed by atoms with E-state index in [9.17, 15) is 9.59 Å². The summed E-state index contributed by atoms with van der Waals surface area (Å²) in [7, 11) is 3.08. The van der Waals surface area contributed by atoms with Gasteiger partial charge >= 0.3 is 5.97 Å². The summed E-state index contributed by atoms with van der Waals surface area (Å²) in [5.74, 6) is -0.148. The highest BCUT2D eigenvalue weighted by atomic mass is 35.5. The van der Waals surface area contributed by atoms with Crippen molar-refractivity contribution in [3.63, 3.8) is 0 Å². The van der Waals surface area contributed by atoms with Gasteiger partial charge in [0, 0.05) is 32.8 Å². The summed E-state index contributed by atoms with van der Waals surface area (Å²) >= 11 is 6.06. The molecule has 1 aromatic carbocycles. The predicted octanol–water partition coefficient (Wildman–Crippen LogP) is 1.70. The Morgan fingerprint density at radius 2 is 2.11 bits per heavy atom.